The van der Waals surface area contributed by atoms with Gasteiger partial charge in [0.05, 0.1) is 50.3 Å². The summed E-state index contributed by atoms with van der Waals surface area (Å²) < 4.78 is 52.7. The minimum absolute atomic E-state index is 0.0318. The molecule has 1 unspecified atom stereocenters. The number of rotatable bonds is 13. The lowest BCUT2D eigenvalue weighted by Crippen LogP contribution is -2.46. The van der Waals surface area contributed by atoms with Gasteiger partial charge in [0.1, 0.15) is 30.0 Å². The molecule has 4 aliphatic rings. The van der Waals surface area contributed by atoms with Crippen molar-refractivity contribution < 1.29 is 34.1 Å². The van der Waals surface area contributed by atoms with E-state index < -0.39 is 19.7 Å². The molecule has 0 aromatic carbocycles. The molecule has 0 radical (unpaired) electrons. The molecule has 0 spiro atoms. The molecule has 188 valence electrons. The average Bonchev–Trinajstić information content (AvgIpc) is 3.54. The Bertz CT molecular complexity index is 706. The highest BCUT2D eigenvalue weighted by Gasteiger charge is 2.59. The van der Waals surface area contributed by atoms with E-state index >= 15 is 0 Å². The Hall–Kier alpha value is -0.0500. The molecule has 0 aromatic heterocycles. The van der Waals surface area contributed by atoms with Crippen LogP contribution in [0.15, 0.2) is 0 Å². The number of fused-ring (bicyclic) bond motifs is 4. The van der Waals surface area contributed by atoms with Gasteiger partial charge in [0.15, 0.2) is 0 Å². The summed E-state index contributed by atoms with van der Waals surface area (Å²) in [6, 6.07) is 0.443. The second-order valence-corrected chi connectivity index (χ2v) is 12.0. The lowest BCUT2D eigenvalue weighted by molar-refractivity contribution is -0.129. The fourth-order valence-electron chi connectivity index (χ4n) is 4.84. The number of ether oxygens (including phenoxy) is 5. The summed E-state index contributed by atoms with van der Waals surface area (Å²) in [4.78, 5) is 3.41. The van der Waals surface area contributed by atoms with Crippen LogP contribution in [0.3, 0.4) is 0 Å². The summed E-state index contributed by atoms with van der Waals surface area (Å²) >= 11 is 1.65. The Balaban J connectivity index is 1.36. The smallest absolute Gasteiger partial charge is 0.259 e. The van der Waals surface area contributed by atoms with Crippen LogP contribution in [0, 0.1) is 6.57 Å². The Kier molecular flexibility index (Phi) is 8.15. The Morgan fingerprint density at radius 2 is 1.94 bits per heavy atom. The van der Waals surface area contributed by atoms with Crippen LogP contribution in [0.25, 0.3) is 4.85 Å². The highest BCUT2D eigenvalue weighted by molar-refractivity contribution is 7.99. The predicted molar refractivity (Wildman–Crippen MR) is 126 cm³/mol. The predicted octanol–water partition coefficient (Wildman–Crippen LogP) is 3.08. The molecular formula is C22H37N2O7PS. The molecule has 0 saturated carbocycles. The summed E-state index contributed by atoms with van der Waals surface area (Å²) in [6.07, 6.45) is -0.430. The van der Waals surface area contributed by atoms with Crippen LogP contribution in [0.1, 0.15) is 36.0 Å². The van der Waals surface area contributed by atoms with Crippen molar-refractivity contribution in [2.45, 2.75) is 81.4 Å². The van der Waals surface area contributed by atoms with Crippen LogP contribution in [0.4, 0.5) is 0 Å². The van der Waals surface area contributed by atoms with Crippen LogP contribution in [0.2, 0.25) is 0 Å². The normalized spacial score (nSPS) is 38.5. The van der Waals surface area contributed by atoms with Crippen molar-refractivity contribution in [1.82, 2.24) is 4.67 Å². The van der Waals surface area contributed by atoms with Gasteiger partial charge in [0.25, 0.3) is 8.53 Å². The molecule has 4 aliphatic heterocycles. The van der Waals surface area contributed by atoms with Crippen molar-refractivity contribution in [3.05, 3.63) is 11.4 Å². The second kappa shape index (κ2) is 10.9. The van der Waals surface area contributed by atoms with E-state index in [1.54, 1.807) is 11.8 Å². The van der Waals surface area contributed by atoms with Crippen LogP contribution < -0.4 is 0 Å². The van der Waals surface area contributed by atoms with Crippen LogP contribution >= 0.6 is 20.3 Å². The molecule has 4 fully saturated rings. The van der Waals surface area contributed by atoms with E-state index in [0.29, 0.717) is 52.1 Å². The van der Waals surface area contributed by atoms with E-state index in [9.17, 15) is 0 Å². The molecule has 9 nitrogen and oxygen atoms in total. The summed E-state index contributed by atoms with van der Waals surface area (Å²) in [7, 11) is -1.39. The third kappa shape index (κ3) is 5.39. The van der Waals surface area contributed by atoms with Crippen molar-refractivity contribution in [2.75, 3.05) is 52.1 Å². The van der Waals surface area contributed by atoms with Crippen molar-refractivity contribution in [1.29, 1.82) is 0 Å². The molecule has 7 atom stereocenters. The van der Waals surface area contributed by atoms with E-state index in [2.05, 4.69) is 37.2 Å². The number of thioether (sulfide) groups is 1. The van der Waals surface area contributed by atoms with Gasteiger partial charge in [-0.2, -0.15) is 0 Å². The van der Waals surface area contributed by atoms with Gasteiger partial charge in [-0.15, -0.1) is 11.8 Å². The van der Waals surface area contributed by atoms with E-state index in [-0.39, 0.29) is 42.5 Å². The van der Waals surface area contributed by atoms with Crippen molar-refractivity contribution >= 4 is 20.3 Å². The van der Waals surface area contributed by atoms with Gasteiger partial charge in [-0.3, -0.25) is 0 Å². The zero-order valence-electron chi connectivity index (χ0n) is 20.9. The fraction of sp³-hybridized carbons (Fsp3) is 0.955. The second-order valence-electron chi connectivity index (χ2n) is 9.55. The first-order valence-electron chi connectivity index (χ1n) is 12.3. The van der Waals surface area contributed by atoms with Crippen molar-refractivity contribution in [3.8, 4) is 0 Å². The summed E-state index contributed by atoms with van der Waals surface area (Å²) in [5, 5.41) is 0.112. The van der Waals surface area contributed by atoms with Crippen LogP contribution in [0.5, 0.6) is 0 Å². The molecule has 4 rings (SSSR count). The third-order valence-corrected chi connectivity index (χ3v) is 9.91. The molecule has 33 heavy (non-hydrogen) atoms. The first-order chi connectivity index (χ1) is 16.4. The Morgan fingerprint density at radius 1 is 1.18 bits per heavy atom. The zero-order chi connectivity index (χ0) is 24.3. The van der Waals surface area contributed by atoms with Crippen molar-refractivity contribution in [2.24, 2.45) is 0 Å². The number of nitrogens with zero attached hydrogens (tertiary/aromatic N) is 2. The van der Waals surface area contributed by atoms with Gasteiger partial charge in [-0.1, -0.05) is 0 Å². The molecule has 0 aromatic rings. The van der Waals surface area contributed by atoms with E-state index in [4.69, 9.17) is 40.7 Å². The van der Waals surface area contributed by atoms with Gasteiger partial charge < -0.3 is 37.6 Å². The molecule has 11 heteroatoms. The zero-order valence-corrected chi connectivity index (χ0v) is 21.6. The first kappa shape index (κ1) is 24.6. The van der Waals surface area contributed by atoms with Gasteiger partial charge >= 0.3 is 0 Å². The van der Waals surface area contributed by atoms with Gasteiger partial charge in [-0.25, -0.2) is 11.2 Å². The van der Waals surface area contributed by atoms with E-state index in [1.165, 1.54) is 0 Å². The number of hydrogen-bond acceptors (Lipinski definition) is 9. The summed E-state index contributed by atoms with van der Waals surface area (Å²) in [5.41, 5.74) is -1.19. The quantitative estimate of drug-likeness (QED) is 0.163. The molecule has 4 bridgehead atoms. The lowest BCUT2D eigenvalue weighted by atomic mass is 10.0. The van der Waals surface area contributed by atoms with E-state index in [0.717, 1.165) is 0 Å². The van der Waals surface area contributed by atoms with Crippen molar-refractivity contribution in [3.63, 3.8) is 0 Å². The Labute approximate surface area is 204 Å². The van der Waals surface area contributed by atoms with Gasteiger partial charge in [-0.05, 0) is 34.6 Å². The lowest BCUT2D eigenvalue weighted by Gasteiger charge is -2.38. The summed E-state index contributed by atoms with van der Waals surface area (Å²) in [5.74, 6) is 0.457. The van der Waals surface area contributed by atoms with Gasteiger partial charge in [0, 0.05) is 13.5 Å². The SMILES string of the molecule is [2H]C[C@@]12CO[C@@H](CO1)[C@@H]2SCOC[C@@]12CO[C@@H](CO1)[C@@H]2OP(OCC[N+]#[C-])N(C(C)C)C(C)C. The maximum atomic E-state index is 7.89. The maximum absolute atomic E-state index is 7.89. The molecule has 0 amide bonds. The average molecular weight is 506 g/mol. The molecule has 0 N–H and O–H groups in total. The molecule has 4 heterocycles. The summed E-state index contributed by atoms with van der Waals surface area (Å²) in [6.45, 7) is 18.6. The monoisotopic (exact) mass is 505 g/mol. The number of hydrogen-bond donors (Lipinski definition) is 0. The molecule has 0 aliphatic carbocycles. The topological polar surface area (TPSA) is 72.2 Å². The largest absolute Gasteiger partial charge is 0.372 e. The molecular weight excluding hydrogens is 467 g/mol. The highest BCUT2D eigenvalue weighted by Crippen LogP contribution is 2.52. The fourth-order valence-corrected chi connectivity index (χ4v) is 7.79. The minimum atomic E-state index is -1.39. The minimum Gasteiger partial charge on any atom is -0.372 e. The highest BCUT2D eigenvalue weighted by atomic mass is 32.2. The van der Waals surface area contributed by atoms with E-state index in [1.807, 2.05) is 0 Å². The third-order valence-electron chi connectivity index (χ3n) is 6.40. The van der Waals surface area contributed by atoms with Crippen LogP contribution in [-0.4, -0.2) is 104 Å². The molecule has 4 saturated heterocycles. The maximum Gasteiger partial charge on any atom is 0.259 e. The standard InChI is InChI=1S/C22H37N2O7PS/c1-15(2)24(16(3)4)32(30-8-7-23-6)31-19-17-9-29-22(19,13-27-17)12-25-14-33-20-18-10-28-21(20,5)11-26-18/h15-20H,7-14H2,1-5H3/t17-,18-,19-,20-,21-,22-,32?/m0/s1/i5D. The Morgan fingerprint density at radius 3 is 2.55 bits per heavy atom. The first-order valence-corrected chi connectivity index (χ1v) is 13.7. The van der Waals surface area contributed by atoms with Gasteiger partial charge in [0.2, 0.25) is 6.54 Å². The van der Waals surface area contributed by atoms with Crippen LogP contribution in [-0.2, 0) is 32.7 Å².